The Hall–Kier alpha value is -2.53. The van der Waals surface area contributed by atoms with E-state index in [2.05, 4.69) is 22.1 Å². The monoisotopic (exact) mass is 456 g/mol. The molecule has 1 aliphatic rings. The van der Waals surface area contributed by atoms with E-state index in [1.165, 1.54) is 33.3 Å². The smallest absolute Gasteiger partial charge is 0.387 e. The van der Waals surface area contributed by atoms with E-state index in [-0.39, 0.29) is 17.2 Å². The topological polar surface area (TPSA) is 93.5 Å². The van der Waals surface area contributed by atoms with Crippen molar-refractivity contribution in [2.75, 3.05) is 18.4 Å². The summed E-state index contributed by atoms with van der Waals surface area (Å²) in [5.74, 6) is 0.0495. The molecule has 31 heavy (non-hydrogen) atoms. The molecule has 170 valence electrons. The Labute approximate surface area is 180 Å². The maximum atomic E-state index is 13.1. The van der Waals surface area contributed by atoms with Crippen molar-refractivity contribution < 1.29 is 26.7 Å². The Kier molecular flexibility index (Phi) is 6.95. The molecule has 1 fully saturated rings. The van der Waals surface area contributed by atoms with Gasteiger partial charge in [-0.2, -0.15) is 18.2 Å². The summed E-state index contributed by atoms with van der Waals surface area (Å²) in [6.07, 6.45) is 1.63. The average molecular weight is 457 g/mol. The van der Waals surface area contributed by atoms with Crippen LogP contribution in [0.2, 0.25) is 0 Å². The highest BCUT2D eigenvalue weighted by Gasteiger charge is 2.33. The molecule has 1 aromatic heterocycles. The standard InChI is InChI=1S/C20H26F2N4O4S/c1-13-8-10-25(11-9-13)31(28,29)19-14(2)24-26(15(19)3)12-18(27)23-16-4-6-17(7-5-16)30-20(21)22/h4-7,13,20H,8-12H2,1-3H3,(H,23,27). The number of aryl methyl sites for hydroxylation is 1. The maximum absolute atomic E-state index is 13.1. The first-order valence-electron chi connectivity index (χ1n) is 9.97. The summed E-state index contributed by atoms with van der Waals surface area (Å²) in [6, 6.07) is 5.50. The quantitative estimate of drug-likeness (QED) is 0.691. The number of piperidine rings is 1. The predicted molar refractivity (Wildman–Crippen MR) is 111 cm³/mol. The summed E-state index contributed by atoms with van der Waals surface area (Å²) in [5.41, 5.74) is 1.13. The molecule has 1 amide bonds. The van der Waals surface area contributed by atoms with Crippen LogP contribution in [0.1, 0.15) is 31.2 Å². The van der Waals surface area contributed by atoms with E-state index in [9.17, 15) is 22.0 Å². The first kappa shape index (κ1) is 23.1. The highest BCUT2D eigenvalue weighted by atomic mass is 32.2. The molecule has 0 aliphatic carbocycles. The summed E-state index contributed by atoms with van der Waals surface area (Å²) >= 11 is 0. The maximum Gasteiger partial charge on any atom is 0.387 e. The van der Waals surface area contributed by atoms with E-state index in [0.717, 1.165) is 12.8 Å². The van der Waals surface area contributed by atoms with Gasteiger partial charge < -0.3 is 10.1 Å². The Morgan fingerprint density at radius 2 is 1.84 bits per heavy atom. The van der Waals surface area contributed by atoms with E-state index in [1.54, 1.807) is 13.8 Å². The zero-order valence-electron chi connectivity index (χ0n) is 17.6. The van der Waals surface area contributed by atoms with Crippen LogP contribution in [-0.4, -0.2) is 48.1 Å². The molecule has 0 unspecified atom stereocenters. The number of amides is 1. The molecule has 1 saturated heterocycles. The van der Waals surface area contributed by atoms with E-state index >= 15 is 0 Å². The van der Waals surface area contributed by atoms with Crippen LogP contribution in [0.25, 0.3) is 0 Å². The first-order chi connectivity index (χ1) is 14.6. The van der Waals surface area contributed by atoms with Gasteiger partial charge >= 0.3 is 6.61 Å². The van der Waals surface area contributed by atoms with Gasteiger partial charge in [0.1, 0.15) is 17.2 Å². The second kappa shape index (κ2) is 9.31. The molecule has 0 saturated carbocycles. The number of anilines is 1. The number of aromatic nitrogens is 2. The minimum atomic E-state index is -3.69. The van der Waals surface area contributed by atoms with Crippen LogP contribution in [-0.2, 0) is 21.4 Å². The summed E-state index contributed by atoms with van der Waals surface area (Å²) < 4.78 is 57.8. The molecular formula is C20H26F2N4O4S. The fraction of sp³-hybridized carbons (Fsp3) is 0.500. The number of hydrogen-bond donors (Lipinski definition) is 1. The number of halogens is 2. The molecule has 2 heterocycles. The van der Waals surface area contributed by atoms with Gasteiger partial charge in [-0.25, -0.2) is 8.42 Å². The number of carbonyl (C=O) groups is 1. The van der Waals surface area contributed by atoms with Crippen molar-refractivity contribution in [3.8, 4) is 5.75 Å². The van der Waals surface area contributed by atoms with E-state index in [0.29, 0.717) is 36.1 Å². The van der Waals surface area contributed by atoms with Gasteiger partial charge in [-0.1, -0.05) is 6.92 Å². The van der Waals surface area contributed by atoms with Crippen LogP contribution >= 0.6 is 0 Å². The lowest BCUT2D eigenvalue weighted by Gasteiger charge is -2.29. The van der Waals surface area contributed by atoms with E-state index in [1.807, 2.05) is 0 Å². The number of benzene rings is 1. The summed E-state index contributed by atoms with van der Waals surface area (Å²) in [4.78, 5) is 12.6. The van der Waals surface area contributed by atoms with Crippen molar-refractivity contribution in [1.29, 1.82) is 0 Å². The van der Waals surface area contributed by atoms with Gasteiger partial charge in [-0.3, -0.25) is 9.48 Å². The highest BCUT2D eigenvalue weighted by molar-refractivity contribution is 7.89. The highest BCUT2D eigenvalue weighted by Crippen LogP contribution is 2.27. The average Bonchev–Trinajstić information content (AvgIpc) is 2.97. The lowest BCUT2D eigenvalue weighted by molar-refractivity contribution is -0.117. The zero-order valence-corrected chi connectivity index (χ0v) is 18.5. The molecule has 0 radical (unpaired) electrons. The number of alkyl halides is 2. The zero-order chi connectivity index (χ0) is 22.8. The van der Waals surface area contributed by atoms with Crippen LogP contribution in [0.3, 0.4) is 0 Å². The van der Waals surface area contributed by atoms with Crippen molar-refractivity contribution in [2.24, 2.45) is 5.92 Å². The second-order valence-corrected chi connectivity index (χ2v) is 9.57. The molecule has 8 nitrogen and oxygen atoms in total. The van der Waals surface area contributed by atoms with Crippen molar-refractivity contribution >= 4 is 21.6 Å². The molecule has 0 bridgehead atoms. The fourth-order valence-corrected chi connectivity index (χ4v) is 5.46. The van der Waals surface area contributed by atoms with Crippen LogP contribution in [0.5, 0.6) is 5.75 Å². The lowest BCUT2D eigenvalue weighted by Crippen LogP contribution is -2.38. The van der Waals surface area contributed by atoms with E-state index < -0.39 is 22.5 Å². The number of rotatable bonds is 7. The van der Waals surface area contributed by atoms with Crippen molar-refractivity contribution in [3.05, 3.63) is 35.7 Å². The SMILES string of the molecule is Cc1nn(CC(=O)Nc2ccc(OC(F)F)cc2)c(C)c1S(=O)(=O)N1CCC(C)CC1. The number of nitrogens with one attached hydrogen (secondary N) is 1. The molecule has 0 atom stereocenters. The molecule has 1 aliphatic heterocycles. The number of hydrogen-bond acceptors (Lipinski definition) is 5. The fourth-order valence-electron chi connectivity index (χ4n) is 3.62. The second-order valence-electron chi connectivity index (χ2n) is 7.70. The van der Waals surface area contributed by atoms with Crippen molar-refractivity contribution in [3.63, 3.8) is 0 Å². The lowest BCUT2D eigenvalue weighted by atomic mass is 10.0. The molecule has 1 aromatic carbocycles. The van der Waals surface area contributed by atoms with Crippen molar-refractivity contribution in [1.82, 2.24) is 14.1 Å². The van der Waals surface area contributed by atoms with E-state index in [4.69, 9.17) is 0 Å². The predicted octanol–water partition coefficient (Wildman–Crippen LogP) is 3.16. The Morgan fingerprint density at radius 1 is 1.23 bits per heavy atom. The summed E-state index contributed by atoms with van der Waals surface area (Å²) in [5, 5.41) is 6.89. The largest absolute Gasteiger partial charge is 0.435 e. The molecular weight excluding hydrogens is 430 g/mol. The summed E-state index contributed by atoms with van der Waals surface area (Å²) in [6.45, 7) is 3.18. The number of sulfonamides is 1. The van der Waals surface area contributed by atoms with Crippen LogP contribution in [0, 0.1) is 19.8 Å². The third-order valence-corrected chi connectivity index (χ3v) is 7.46. The normalized spacial score (nSPS) is 15.9. The minimum absolute atomic E-state index is 0.0199. The Morgan fingerprint density at radius 3 is 2.42 bits per heavy atom. The summed E-state index contributed by atoms with van der Waals surface area (Å²) in [7, 11) is -3.69. The number of carbonyl (C=O) groups excluding carboxylic acids is 1. The van der Waals surface area contributed by atoms with Crippen molar-refractivity contribution in [2.45, 2.75) is 51.7 Å². The Bertz CT molecular complexity index is 1030. The molecule has 3 rings (SSSR count). The van der Waals surface area contributed by atoms with Crippen LogP contribution < -0.4 is 10.1 Å². The third-order valence-electron chi connectivity index (χ3n) is 5.31. The van der Waals surface area contributed by atoms with Gasteiger partial charge in [0, 0.05) is 18.8 Å². The van der Waals surface area contributed by atoms with Gasteiger partial charge in [0.05, 0.1) is 11.4 Å². The van der Waals surface area contributed by atoms with Gasteiger partial charge in [0.15, 0.2) is 0 Å². The number of nitrogens with zero attached hydrogens (tertiary/aromatic N) is 3. The van der Waals surface area contributed by atoms with Gasteiger partial charge in [0.2, 0.25) is 15.9 Å². The van der Waals surface area contributed by atoms with Gasteiger partial charge in [-0.15, -0.1) is 0 Å². The molecule has 0 spiro atoms. The first-order valence-corrected chi connectivity index (χ1v) is 11.4. The van der Waals surface area contributed by atoms with Crippen LogP contribution in [0.15, 0.2) is 29.2 Å². The molecule has 2 aromatic rings. The molecule has 11 heteroatoms. The van der Waals surface area contributed by atoms with Gasteiger partial charge in [-0.05, 0) is 56.9 Å². The van der Waals surface area contributed by atoms with Crippen LogP contribution in [0.4, 0.5) is 14.5 Å². The molecule has 1 N–H and O–H groups in total. The Balaban J connectivity index is 1.71. The minimum Gasteiger partial charge on any atom is -0.435 e. The van der Waals surface area contributed by atoms with Gasteiger partial charge in [0.25, 0.3) is 0 Å². The third kappa shape index (κ3) is 5.40. The number of ether oxygens (including phenoxy) is 1.